The maximum atomic E-state index is 10.0. The summed E-state index contributed by atoms with van der Waals surface area (Å²) in [5.41, 5.74) is 2.12. The van der Waals surface area contributed by atoms with Gasteiger partial charge in [0.05, 0.1) is 13.7 Å². The Labute approximate surface area is 189 Å². The van der Waals surface area contributed by atoms with Crippen LogP contribution >= 0.6 is 0 Å². The van der Waals surface area contributed by atoms with Gasteiger partial charge in [-0.3, -0.25) is 0 Å². The third-order valence-corrected chi connectivity index (χ3v) is 6.04. The third kappa shape index (κ3) is 7.09. The van der Waals surface area contributed by atoms with E-state index in [0.29, 0.717) is 18.1 Å². The van der Waals surface area contributed by atoms with Crippen LogP contribution in [0.3, 0.4) is 0 Å². The summed E-state index contributed by atoms with van der Waals surface area (Å²) in [6, 6.07) is 10.8. The Kier molecular flexibility index (Phi) is 10.2. The Morgan fingerprint density at radius 2 is 1.42 bits per heavy atom. The molecule has 2 aromatic carbocycles. The summed E-state index contributed by atoms with van der Waals surface area (Å²) in [5.74, 6) is 2.37. The van der Waals surface area contributed by atoms with Crippen LogP contribution in [0.5, 0.6) is 23.0 Å². The standard InChI is InChI=1S/C14H22O2.C13H20O2/c1-5-14(6-2,7-3)12-10-11(16-4)8-9-13(12)15;1-5-8-15-12-7-6-10(14)9-11(12)13(2,3)4/h8-10,15H,5-7H2,1-4H3;6-7,9,14H,5,8H2,1-4H3. The van der Waals surface area contributed by atoms with Gasteiger partial charge >= 0.3 is 0 Å². The van der Waals surface area contributed by atoms with Gasteiger partial charge in [-0.15, -0.1) is 0 Å². The highest BCUT2D eigenvalue weighted by Gasteiger charge is 2.29. The van der Waals surface area contributed by atoms with E-state index in [1.165, 1.54) is 0 Å². The quantitative estimate of drug-likeness (QED) is 0.460. The number of hydrogen-bond acceptors (Lipinski definition) is 4. The molecule has 0 radical (unpaired) electrons. The lowest BCUT2D eigenvalue weighted by Crippen LogP contribution is -2.23. The van der Waals surface area contributed by atoms with E-state index in [0.717, 1.165) is 48.3 Å². The van der Waals surface area contributed by atoms with E-state index in [1.54, 1.807) is 31.4 Å². The zero-order valence-corrected chi connectivity index (χ0v) is 20.7. The van der Waals surface area contributed by atoms with E-state index in [4.69, 9.17) is 9.47 Å². The van der Waals surface area contributed by atoms with Crippen LogP contribution < -0.4 is 9.47 Å². The number of rotatable bonds is 8. The molecule has 174 valence electrons. The minimum atomic E-state index is -0.0121. The Morgan fingerprint density at radius 1 is 0.806 bits per heavy atom. The number of hydrogen-bond donors (Lipinski definition) is 2. The highest BCUT2D eigenvalue weighted by molar-refractivity contribution is 5.44. The molecule has 0 fully saturated rings. The molecule has 0 unspecified atom stereocenters. The molecule has 4 heteroatoms. The monoisotopic (exact) mass is 430 g/mol. The fourth-order valence-electron chi connectivity index (χ4n) is 3.83. The average molecular weight is 431 g/mol. The van der Waals surface area contributed by atoms with Crippen LogP contribution in [0, 0.1) is 0 Å². The number of benzene rings is 2. The Balaban J connectivity index is 0.000000311. The largest absolute Gasteiger partial charge is 0.508 e. The average Bonchev–Trinajstić information content (AvgIpc) is 2.75. The Morgan fingerprint density at radius 3 is 1.90 bits per heavy atom. The van der Waals surface area contributed by atoms with Crippen LogP contribution in [0.4, 0.5) is 0 Å². The summed E-state index contributed by atoms with van der Waals surface area (Å²) in [5, 5.41) is 19.5. The van der Waals surface area contributed by atoms with Crippen molar-refractivity contribution in [2.75, 3.05) is 13.7 Å². The van der Waals surface area contributed by atoms with Gasteiger partial charge in [-0.05, 0) is 72.9 Å². The highest BCUT2D eigenvalue weighted by Crippen LogP contribution is 2.41. The molecule has 0 aliphatic carbocycles. The molecule has 0 saturated carbocycles. The highest BCUT2D eigenvalue weighted by atomic mass is 16.5. The van der Waals surface area contributed by atoms with Gasteiger partial charge in [0.2, 0.25) is 0 Å². The number of ether oxygens (including phenoxy) is 2. The van der Waals surface area contributed by atoms with Gasteiger partial charge in [0.1, 0.15) is 23.0 Å². The normalized spacial score (nSPS) is 11.5. The molecule has 2 rings (SSSR count). The SMILES string of the molecule is CCC(CC)(CC)c1cc(OC)ccc1O.CCCOc1ccc(O)cc1C(C)(C)C. The van der Waals surface area contributed by atoms with Gasteiger partial charge in [0.25, 0.3) is 0 Å². The second-order valence-electron chi connectivity index (χ2n) is 9.00. The topological polar surface area (TPSA) is 58.9 Å². The molecule has 0 amide bonds. The predicted octanol–water partition coefficient (Wildman–Crippen LogP) is 7.35. The minimum absolute atomic E-state index is 0.0121. The van der Waals surface area contributed by atoms with Crippen LogP contribution in [0.15, 0.2) is 36.4 Å². The van der Waals surface area contributed by atoms with Gasteiger partial charge in [0.15, 0.2) is 0 Å². The summed E-state index contributed by atoms with van der Waals surface area (Å²) in [4.78, 5) is 0. The predicted molar refractivity (Wildman–Crippen MR) is 130 cm³/mol. The van der Waals surface area contributed by atoms with Crippen LogP contribution in [0.2, 0.25) is 0 Å². The molecule has 0 spiro atoms. The Hall–Kier alpha value is -2.36. The van der Waals surface area contributed by atoms with E-state index in [-0.39, 0.29) is 10.8 Å². The van der Waals surface area contributed by atoms with Crippen molar-refractivity contribution in [3.8, 4) is 23.0 Å². The molecule has 0 aliphatic heterocycles. The molecule has 0 heterocycles. The molecule has 0 aromatic heterocycles. The molecule has 0 atom stereocenters. The van der Waals surface area contributed by atoms with Crippen molar-refractivity contribution >= 4 is 0 Å². The van der Waals surface area contributed by atoms with Crippen molar-refractivity contribution < 1.29 is 19.7 Å². The zero-order chi connectivity index (χ0) is 23.7. The van der Waals surface area contributed by atoms with Gasteiger partial charge in [-0.1, -0.05) is 48.5 Å². The third-order valence-electron chi connectivity index (χ3n) is 6.04. The molecule has 31 heavy (non-hydrogen) atoms. The van der Waals surface area contributed by atoms with Crippen LogP contribution in [0.1, 0.15) is 85.3 Å². The van der Waals surface area contributed by atoms with Crippen molar-refractivity contribution in [1.29, 1.82) is 0 Å². The lowest BCUT2D eigenvalue weighted by atomic mass is 9.73. The molecule has 0 bridgehead atoms. The second kappa shape index (κ2) is 11.9. The summed E-state index contributed by atoms with van der Waals surface area (Å²) in [7, 11) is 1.65. The molecular weight excluding hydrogens is 388 g/mol. The fraction of sp³-hybridized carbons (Fsp3) is 0.556. The molecular formula is C27H42O4. The Bertz CT molecular complexity index is 793. The van der Waals surface area contributed by atoms with Crippen molar-refractivity contribution in [2.24, 2.45) is 0 Å². The van der Waals surface area contributed by atoms with Crippen LogP contribution in [-0.2, 0) is 10.8 Å². The van der Waals surface area contributed by atoms with Crippen LogP contribution in [0.25, 0.3) is 0 Å². The van der Waals surface area contributed by atoms with Crippen molar-refractivity contribution in [2.45, 2.75) is 85.0 Å². The van der Waals surface area contributed by atoms with E-state index in [9.17, 15) is 10.2 Å². The maximum Gasteiger partial charge on any atom is 0.123 e. The second-order valence-corrected chi connectivity index (χ2v) is 9.00. The summed E-state index contributed by atoms with van der Waals surface area (Å²) in [6.07, 6.45) is 4.08. The van der Waals surface area contributed by atoms with Crippen molar-refractivity contribution in [3.05, 3.63) is 47.5 Å². The first-order valence-corrected chi connectivity index (χ1v) is 11.4. The van der Waals surface area contributed by atoms with E-state index < -0.39 is 0 Å². The number of phenols is 2. The van der Waals surface area contributed by atoms with Gasteiger partial charge in [-0.2, -0.15) is 0 Å². The molecule has 2 aromatic rings. The number of methoxy groups -OCH3 is 1. The molecule has 2 N–H and O–H groups in total. The minimum Gasteiger partial charge on any atom is -0.508 e. The molecule has 0 aliphatic rings. The first-order valence-electron chi connectivity index (χ1n) is 11.4. The first kappa shape index (κ1) is 26.7. The summed E-state index contributed by atoms with van der Waals surface area (Å²) in [6.45, 7) is 15.6. The van der Waals surface area contributed by atoms with Crippen molar-refractivity contribution in [1.82, 2.24) is 0 Å². The number of aromatic hydroxyl groups is 2. The number of phenolic OH excluding ortho intramolecular Hbond substituents is 2. The van der Waals surface area contributed by atoms with E-state index >= 15 is 0 Å². The van der Waals surface area contributed by atoms with Crippen LogP contribution in [-0.4, -0.2) is 23.9 Å². The van der Waals surface area contributed by atoms with E-state index in [2.05, 4.69) is 48.5 Å². The van der Waals surface area contributed by atoms with Crippen molar-refractivity contribution in [3.63, 3.8) is 0 Å². The van der Waals surface area contributed by atoms with Gasteiger partial charge in [-0.25, -0.2) is 0 Å². The van der Waals surface area contributed by atoms with Gasteiger partial charge < -0.3 is 19.7 Å². The molecule has 0 saturated heterocycles. The molecule has 4 nitrogen and oxygen atoms in total. The van der Waals surface area contributed by atoms with Gasteiger partial charge in [0, 0.05) is 11.1 Å². The fourth-order valence-corrected chi connectivity index (χ4v) is 3.83. The zero-order valence-electron chi connectivity index (χ0n) is 20.7. The smallest absolute Gasteiger partial charge is 0.123 e. The summed E-state index contributed by atoms with van der Waals surface area (Å²) >= 11 is 0. The maximum absolute atomic E-state index is 10.0. The lowest BCUT2D eigenvalue weighted by molar-refractivity contribution is 0.307. The van der Waals surface area contributed by atoms with E-state index in [1.807, 2.05) is 12.1 Å². The lowest BCUT2D eigenvalue weighted by Gasteiger charge is -2.32. The summed E-state index contributed by atoms with van der Waals surface area (Å²) < 4.78 is 10.9. The first-order chi connectivity index (χ1) is 14.6.